The number of nitrogens with one attached hydrogen (secondary N) is 3. The molecule has 0 fully saturated rings. The van der Waals surface area contributed by atoms with E-state index in [1.165, 1.54) is 0 Å². The van der Waals surface area contributed by atoms with Gasteiger partial charge in [0, 0.05) is 19.5 Å². The van der Waals surface area contributed by atoms with Crippen LogP contribution in [0.4, 0.5) is 11.4 Å². The van der Waals surface area contributed by atoms with Gasteiger partial charge in [0.05, 0.1) is 11.4 Å². The predicted molar refractivity (Wildman–Crippen MR) is 78.4 cm³/mol. The number of hydrogen-bond acceptors (Lipinski definition) is 4. The van der Waals surface area contributed by atoms with Crippen LogP contribution >= 0.6 is 0 Å². The summed E-state index contributed by atoms with van der Waals surface area (Å²) in [6, 6.07) is 7.51. The molecule has 2 rings (SSSR count). The highest BCUT2D eigenvalue weighted by molar-refractivity contribution is 5.88. The van der Waals surface area contributed by atoms with Gasteiger partial charge in [-0.1, -0.05) is 12.1 Å². The van der Waals surface area contributed by atoms with Gasteiger partial charge in [0.25, 0.3) is 0 Å². The number of hydrogen-bond donors (Lipinski definition) is 4. The van der Waals surface area contributed by atoms with Crippen molar-refractivity contribution < 1.29 is 9.59 Å². The van der Waals surface area contributed by atoms with Crippen molar-refractivity contribution in [1.82, 2.24) is 5.32 Å². The Morgan fingerprint density at radius 2 is 2.00 bits per heavy atom. The van der Waals surface area contributed by atoms with E-state index < -0.39 is 0 Å². The van der Waals surface area contributed by atoms with Gasteiger partial charge in [-0.05, 0) is 25.0 Å². The molecule has 6 heteroatoms. The highest BCUT2D eigenvalue weighted by atomic mass is 16.2. The fourth-order valence-corrected chi connectivity index (χ4v) is 2.13. The molecule has 0 bridgehead atoms. The van der Waals surface area contributed by atoms with Gasteiger partial charge in [-0.15, -0.1) is 0 Å². The van der Waals surface area contributed by atoms with Crippen molar-refractivity contribution >= 4 is 23.2 Å². The Kier molecular flexibility index (Phi) is 4.81. The summed E-state index contributed by atoms with van der Waals surface area (Å²) in [6.07, 6.45) is 1.83. The maximum atomic E-state index is 12.0. The molecule has 1 aromatic carbocycles. The zero-order valence-electron chi connectivity index (χ0n) is 11.3. The number of nitrogens with two attached hydrogens (primary N) is 1. The molecule has 0 spiro atoms. The topological polar surface area (TPSA) is 96.2 Å². The number of carbonyl (C=O) groups excluding carboxylic acids is 2. The van der Waals surface area contributed by atoms with Gasteiger partial charge in [-0.25, -0.2) is 0 Å². The lowest BCUT2D eigenvalue weighted by molar-refractivity contribution is -0.121. The predicted octanol–water partition coefficient (Wildman–Crippen LogP) is 0.664. The first-order valence-electron chi connectivity index (χ1n) is 6.82. The Morgan fingerprint density at radius 3 is 2.75 bits per heavy atom. The highest BCUT2D eigenvalue weighted by Crippen LogP contribution is 2.25. The number of unbranched alkanes of at least 4 members (excludes halogenated alkanes) is 1. The van der Waals surface area contributed by atoms with E-state index in [9.17, 15) is 9.59 Å². The fourth-order valence-electron chi connectivity index (χ4n) is 2.13. The second-order valence-electron chi connectivity index (χ2n) is 4.84. The summed E-state index contributed by atoms with van der Waals surface area (Å²) in [5.74, 6) is -0.336. The minimum atomic E-state index is -0.300. The van der Waals surface area contributed by atoms with Gasteiger partial charge in [0.1, 0.15) is 6.04 Å². The second kappa shape index (κ2) is 6.79. The van der Waals surface area contributed by atoms with Crippen LogP contribution in [0.25, 0.3) is 0 Å². The van der Waals surface area contributed by atoms with E-state index in [2.05, 4.69) is 16.0 Å². The average molecular weight is 276 g/mol. The standard InChI is InChI=1S/C14H20N4O2/c15-13(19)7-3-4-8-16-14(20)12-9-17-10-5-1-2-6-11(10)18-12/h1-2,5-6,12,17-18H,3-4,7-9H2,(H2,15,19)(H,16,20). The first-order chi connectivity index (χ1) is 9.66. The number of fused-ring (bicyclic) bond motifs is 1. The third-order valence-electron chi connectivity index (χ3n) is 3.22. The molecule has 2 amide bonds. The summed E-state index contributed by atoms with van der Waals surface area (Å²) >= 11 is 0. The van der Waals surface area contributed by atoms with Crippen LogP contribution in [0.2, 0.25) is 0 Å². The van der Waals surface area contributed by atoms with Gasteiger partial charge in [0.2, 0.25) is 11.8 Å². The molecule has 0 aliphatic carbocycles. The molecule has 1 aromatic rings. The fraction of sp³-hybridized carbons (Fsp3) is 0.429. The summed E-state index contributed by atoms with van der Waals surface area (Å²) in [5, 5.41) is 9.30. The number of anilines is 2. The van der Waals surface area contributed by atoms with Crippen molar-refractivity contribution in [2.24, 2.45) is 5.73 Å². The third-order valence-corrected chi connectivity index (χ3v) is 3.22. The van der Waals surface area contributed by atoms with Crippen molar-refractivity contribution in [2.45, 2.75) is 25.3 Å². The monoisotopic (exact) mass is 276 g/mol. The van der Waals surface area contributed by atoms with Crippen molar-refractivity contribution in [1.29, 1.82) is 0 Å². The largest absolute Gasteiger partial charge is 0.381 e. The maximum Gasteiger partial charge on any atom is 0.244 e. The molecule has 6 nitrogen and oxygen atoms in total. The molecule has 20 heavy (non-hydrogen) atoms. The molecule has 1 aliphatic heterocycles. The lowest BCUT2D eigenvalue weighted by Gasteiger charge is -2.27. The normalized spacial score (nSPS) is 16.5. The van der Waals surface area contributed by atoms with Crippen LogP contribution in [0.5, 0.6) is 0 Å². The number of para-hydroxylation sites is 2. The van der Waals surface area contributed by atoms with Gasteiger partial charge >= 0.3 is 0 Å². The average Bonchev–Trinajstić information content (AvgIpc) is 2.46. The molecule has 5 N–H and O–H groups in total. The van der Waals surface area contributed by atoms with E-state index in [1.54, 1.807) is 0 Å². The molecule has 0 saturated carbocycles. The zero-order chi connectivity index (χ0) is 14.4. The van der Waals surface area contributed by atoms with E-state index in [0.29, 0.717) is 25.9 Å². The van der Waals surface area contributed by atoms with E-state index >= 15 is 0 Å². The molecular weight excluding hydrogens is 256 g/mol. The van der Waals surface area contributed by atoms with Gasteiger partial charge < -0.3 is 21.7 Å². The second-order valence-corrected chi connectivity index (χ2v) is 4.84. The highest BCUT2D eigenvalue weighted by Gasteiger charge is 2.22. The smallest absolute Gasteiger partial charge is 0.244 e. The molecule has 108 valence electrons. The van der Waals surface area contributed by atoms with Gasteiger partial charge in [-0.2, -0.15) is 0 Å². The van der Waals surface area contributed by atoms with Gasteiger partial charge in [-0.3, -0.25) is 9.59 Å². The first kappa shape index (κ1) is 14.2. The van der Waals surface area contributed by atoms with Crippen LogP contribution in [0.15, 0.2) is 24.3 Å². The summed E-state index contributed by atoms with van der Waals surface area (Å²) < 4.78 is 0. The maximum absolute atomic E-state index is 12.0. The van der Waals surface area contributed by atoms with E-state index in [-0.39, 0.29) is 17.9 Å². The molecule has 1 aliphatic rings. The molecular formula is C14H20N4O2. The Labute approximate surface area is 118 Å². The van der Waals surface area contributed by atoms with Crippen LogP contribution in [-0.4, -0.2) is 30.9 Å². The SMILES string of the molecule is NC(=O)CCCCNC(=O)C1CNc2ccccc2N1. The Hall–Kier alpha value is -2.24. The summed E-state index contributed by atoms with van der Waals surface area (Å²) in [6.45, 7) is 1.12. The zero-order valence-corrected chi connectivity index (χ0v) is 11.3. The quantitative estimate of drug-likeness (QED) is 0.574. The van der Waals surface area contributed by atoms with Crippen LogP contribution in [0.3, 0.4) is 0 Å². The summed E-state index contributed by atoms with van der Waals surface area (Å²) in [5.41, 5.74) is 7.00. The molecule has 1 atom stereocenters. The van der Waals surface area contributed by atoms with E-state index in [0.717, 1.165) is 17.8 Å². The van der Waals surface area contributed by atoms with E-state index in [4.69, 9.17) is 5.73 Å². The first-order valence-corrected chi connectivity index (χ1v) is 6.82. The van der Waals surface area contributed by atoms with Crippen molar-refractivity contribution in [2.75, 3.05) is 23.7 Å². The van der Waals surface area contributed by atoms with E-state index in [1.807, 2.05) is 24.3 Å². The minimum Gasteiger partial charge on any atom is -0.381 e. The lowest BCUT2D eigenvalue weighted by Crippen LogP contribution is -2.46. The van der Waals surface area contributed by atoms with Crippen LogP contribution < -0.4 is 21.7 Å². The van der Waals surface area contributed by atoms with Crippen molar-refractivity contribution in [3.63, 3.8) is 0 Å². The molecule has 0 aromatic heterocycles. The Balaban J connectivity index is 1.73. The summed E-state index contributed by atoms with van der Waals surface area (Å²) in [7, 11) is 0. The number of benzene rings is 1. The third kappa shape index (κ3) is 3.88. The van der Waals surface area contributed by atoms with Crippen molar-refractivity contribution in [3.05, 3.63) is 24.3 Å². The summed E-state index contributed by atoms with van der Waals surface area (Å²) in [4.78, 5) is 22.6. The number of primary amides is 1. The van der Waals surface area contributed by atoms with Crippen LogP contribution in [-0.2, 0) is 9.59 Å². The molecule has 1 heterocycles. The Morgan fingerprint density at radius 1 is 1.25 bits per heavy atom. The minimum absolute atomic E-state index is 0.0360. The molecule has 1 unspecified atom stereocenters. The van der Waals surface area contributed by atoms with Crippen LogP contribution in [0, 0.1) is 0 Å². The van der Waals surface area contributed by atoms with Gasteiger partial charge in [0.15, 0.2) is 0 Å². The molecule has 0 saturated heterocycles. The Bertz CT molecular complexity index is 490. The van der Waals surface area contributed by atoms with Crippen LogP contribution in [0.1, 0.15) is 19.3 Å². The number of carbonyl (C=O) groups is 2. The number of rotatable bonds is 6. The van der Waals surface area contributed by atoms with Crippen molar-refractivity contribution in [3.8, 4) is 0 Å². The number of amides is 2. The lowest BCUT2D eigenvalue weighted by atomic mass is 10.1. The molecule has 0 radical (unpaired) electrons.